The number of ether oxygens (including phenoxy) is 2. The van der Waals surface area contributed by atoms with Gasteiger partial charge in [0.15, 0.2) is 5.82 Å². The van der Waals surface area contributed by atoms with Crippen molar-refractivity contribution in [3.8, 4) is 11.5 Å². The molecule has 2 aromatic rings. The van der Waals surface area contributed by atoms with E-state index in [1.807, 2.05) is 12.1 Å². The van der Waals surface area contributed by atoms with Gasteiger partial charge in [-0.05, 0) is 18.2 Å². The molecule has 1 aliphatic heterocycles. The minimum Gasteiger partial charge on any atom is -0.495 e. The van der Waals surface area contributed by atoms with Gasteiger partial charge in [-0.15, -0.1) is 6.58 Å². The number of aromatic nitrogens is 1. The van der Waals surface area contributed by atoms with E-state index < -0.39 is 0 Å². The number of carbonyl (C=O) groups excluding carboxylic acids is 1. The van der Waals surface area contributed by atoms with Gasteiger partial charge in [0.05, 0.1) is 30.6 Å². The van der Waals surface area contributed by atoms with Crippen molar-refractivity contribution in [3.05, 3.63) is 48.1 Å². The Morgan fingerprint density at radius 3 is 2.81 bits per heavy atom. The summed E-state index contributed by atoms with van der Waals surface area (Å²) in [4.78, 5) is 21.1. The third-order valence-corrected chi connectivity index (χ3v) is 4.56. The van der Waals surface area contributed by atoms with Crippen molar-refractivity contribution in [3.63, 3.8) is 0 Å². The second-order valence-corrected chi connectivity index (χ2v) is 6.26. The molecule has 1 aromatic heterocycles. The van der Waals surface area contributed by atoms with Gasteiger partial charge in [0, 0.05) is 31.9 Å². The Morgan fingerprint density at radius 1 is 1.33 bits per heavy atom. The Bertz CT molecular complexity index is 859. The van der Waals surface area contributed by atoms with E-state index >= 15 is 0 Å². The number of nitrogens with zero attached hydrogens (tertiary/aromatic N) is 3. The molecule has 1 aliphatic rings. The van der Waals surface area contributed by atoms with E-state index in [0.717, 1.165) is 11.5 Å². The first-order valence-electron chi connectivity index (χ1n) is 8.40. The van der Waals surface area contributed by atoms with Crippen molar-refractivity contribution < 1.29 is 14.3 Å². The second kappa shape index (κ2) is 8.18. The molecule has 1 aromatic carbocycles. The molecule has 8 heteroatoms. The molecule has 2 heterocycles. The van der Waals surface area contributed by atoms with Crippen molar-refractivity contribution in [1.29, 1.82) is 0 Å². The monoisotopic (exact) mass is 388 g/mol. The lowest BCUT2D eigenvalue weighted by Gasteiger charge is -2.36. The van der Waals surface area contributed by atoms with Crippen molar-refractivity contribution in [2.45, 2.75) is 0 Å². The summed E-state index contributed by atoms with van der Waals surface area (Å²) in [6, 6.07) is 6.63. The molecule has 1 N–H and O–H groups in total. The summed E-state index contributed by atoms with van der Waals surface area (Å²) in [6.07, 6.45) is 3.53. The smallest absolute Gasteiger partial charge is 0.326 e. The predicted molar refractivity (Wildman–Crippen MR) is 108 cm³/mol. The minimum atomic E-state index is -0.290. The number of anilines is 3. The van der Waals surface area contributed by atoms with Crippen molar-refractivity contribution in [2.24, 2.45) is 0 Å². The number of methoxy groups -OCH3 is 2. The van der Waals surface area contributed by atoms with E-state index in [-0.39, 0.29) is 6.03 Å². The second-order valence-electron chi connectivity index (χ2n) is 5.85. The molecule has 2 amide bonds. The summed E-state index contributed by atoms with van der Waals surface area (Å²) in [7, 11) is 3.04. The van der Waals surface area contributed by atoms with E-state index in [1.165, 1.54) is 14.2 Å². The lowest BCUT2D eigenvalue weighted by Crippen LogP contribution is -2.46. The summed E-state index contributed by atoms with van der Waals surface area (Å²) < 4.78 is 10.5. The van der Waals surface area contributed by atoms with E-state index in [1.54, 1.807) is 29.3 Å². The molecule has 0 bridgehead atoms. The highest BCUT2D eigenvalue weighted by molar-refractivity contribution is 6.32. The molecule has 3 rings (SSSR count). The van der Waals surface area contributed by atoms with Crippen LogP contribution in [0.5, 0.6) is 11.5 Å². The van der Waals surface area contributed by atoms with E-state index in [4.69, 9.17) is 21.1 Å². The van der Waals surface area contributed by atoms with Crippen LogP contribution in [0.3, 0.4) is 0 Å². The Balaban J connectivity index is 1.88. The fourth-order valence-corrected chi connectivity index (χ4v) is 3.22. The first-order chi connectivity index (χ1) is 13.1. The topological polar surface area (TPSA) is 66.9 Å². The maximum Gasteiger partial charge on any atom is 0.326 e. The highest BCUT2D eigenvalue weighted by Crippen LogP contribution is 2.37. The average Bonchev–Trinajstić information content (AvgIpc) is 2.68. The number of fused-ring (bicyclic) bond motifs is 1. The van der Waals surface area contributed by atoms with Gasteiger partial charge in [0.1, 0.15) is 11.5 Å². The molecule has 0 fully saturated rings. The van der Waals surface area contributed by atoms with Gasteiger partial charge in [-0.3, -0.25) is 4.90 Å². The molecule has 0 radical (unpaired) electrons. The normalized spacial score (nSPS) is 13.0. The number of nitrogens with one attached hydrogen (secondary N) is 1. The quantitative estimate of drug-likeness (QED) is 0.789. The zero-order valence-electron chi connectivity index (χ0n) is 15.2. The summed E-state index contributed by atoms with van der Waals surface area (Å²) in [5, 5.41) is 3.25. The fourth-order valence-electron chi connectivity index (χ4n) is 2.97. The summed E-state index contributed by atoms with van der Waals surface area (Å²) >= 11 is 6.19. The molecule has 0 aliphatic carbocycles. The van der Waals surface area contributed by atoms with E-state index in [9.17, 15) is 4.79 Å². The molecule has 27 heavy (non-hydrogen) atoms. The number of rotatable bonds is 5. The van der Waals surface area contributed by atoms with Crippen molar-refractivity contribution in [1.82, 2.24) is 4.98 Å². The van der Waals surface area contributed by atoms with Crippen LogP contribution >= 0.6 is 11.6 Å². The van der Waals surface area contributed by atoms with Crippen LogP contribution in [0.4, 0.5) is 22.0 Å². The number of benzene rings is 1. The molecule has 0 atom stereocenters. The van der Waals surface area contributed by atoms with Gasteiger partial charge in [0.25, 0.3) is 0 Å². The third-order valence-electron chi connectivity index (χ3n) is 4.26. The molecule has 142 valence electrons. The number of urea groups is 1. The molecule has 0 saturated carbocycles. The highest BCUT2D eigenvalue weighted by Gasteiger charge is 2.28. The lowest BCUT2D eigenvalue weighted by molar-refractivity contribution is 0.256. The largest absolute Gasteiger partial charge is 0.495 e. The molecular weight excluding hydrogens is 368 g/mol. The van der Waals surface area contributed by atoms with Gasteiger partial charge in [-0.2, -0.15) is 0 Å². The van der Waals surface area contributed by atoms with Crippen LogP contribution in [0.25, 0.3) is 0 Å². The zero-order chi connectivity index (χ0) is 19.4. The summed E-state index contributed by atoms with van der Waals surface area (Å²) in [6.45, 7) is 5.62. The number of amides is 2. The van der Waals surface area contributed by atoms with Crippen LogP contribution in [0.2, 0.25) is 5.02 Å². The molecule has 7 nitrogen and oxygen atoms in total. The molecule has 0 saturated heterocycles. The SMILES string of the molecule is C=CCN1CCN(C(=O)Nc2cc(Cl)c(OC)cc2OC)c2cccnc21. The van der Waals surface area contributed by atoms with Crippen molar-refractivity contribution in [2.75, 3.05) is 49.0 Å². The van der Waals surface area contributed by atoms with E-state index in [2.05, 4.69) is 21.8 Å². The van der Waals surface area contributed by atoms with Gasteiger partial charge in [-0.25, -0.2) is 9.78 Å². The number of hydrogen-bond donors (Lipinski definition) is 1. The number of halogens is 1. The first-order valence-corrected chi connectivity index (χ1v) is 8.77. The zero-order valence-corrected chi connectivity index (χ0v) is 16.0. The van der Waals surface area contributed by atoms with Gasteiger partial charge >= 0.3 is 6.03 Å². The van der Waals surface area contributed by atoms with Crippen LogP contribution in [0.15, 0.2) is 43.1 Å². The third kappa shape index (κ3) is 3.78. The van der Waals surface area contributed by atoms with Gasteiger partial charge in [0.2, 0.25) is 0 Å². The van der Waals surface area contributed by atoms with Crippen LogP contribution < -0.4 is 24.6 Å². The summed E-state index contributed by atoms with van der Waals surface area (Å²) in [5.74, 6) is 1.68. The summed E-state index contributed by atoms with van der Waals surface area (Å²) in [5.41, 5.74) is 1.20. The lowest BCUT2D eigenvalue weighted by atomic mass is 10.2. The molecule has 0 unspecified atom stereocenters. The molecular formula is C19H21ClN4O3. The fraction of sp³-hybridized carbons (Fsp3) is 0.263. The number of hydrogen-bond acceptors (Lipinski definition) is 5. The van der Waals surface area contributed by atoms with Gasteiger partial charge < -0.3 is 19.7 Å². The minimum absolute atomic E-state index is 0.290. The number of pyridine rings is 1. The Morgan fingerprint density at radius 2 is 2.11 bits per heavy atom. The highest BCUT2D eigenvalue weighted by atomic mass is 35.5. The maximum atomic E-state index is 12.9. The molecule has 0 spiro atoms. The number of carbonyl (C=O) groups is 1. The standard InChI is InChI=1S/C19H21ClN4O3/c1-4-8-23-9-10-24(15-6-5-7-21-18(15)23)19(25)22-14-11-13(20)16(26-2)12-17(14)27-3/h4-7,11-12H,1,8-10H2,2-3H3,(H,22,25). The average molecular weight is 389 g/mol. The Kier molecular flexibility index (Phi) is 5.71. The Hall–Kier alpha value is -2.93. The van der Waals surface area contributed by atoms with E-state index in [0.29, 0.717) is 41.8 Å². The predicted octanol–water partition coefficient (Wildman–Crippen LogP) is 3.80. The van der Waals surface area contributed by atoms with Crippen molar-refractivity contribution >= 4 is 34.8 Å². The van der Waals surface area contributed by atoms with Crippen LogP contribution in [0.1, 0.15) is 0 Å². The Labute approximate surface area is 163 Å². The first kappa shape index (κ1) is 18.8. The van der Waals surface area contributed by atoms with Crippen LogP contribution in [-0.4, -0.2) is 44.9 Å². The van der Waals surface area contributed by atoms with Gasteiger partial charge in [-0.1, -0.05) is 17.7 Å². The van der Waals surface area contributed by atoms with Crippen LogP contribution in [0, 0.1) is 0 Å². The van der Waals surface area contributed by atoms with Crippen LogP contribution in [-0.2, 0) is 0 Å². The maximum absolute atomic E-state index is 12.9.